The highest BCUT2D eigenvalue weighted by molar-refractivity contribution is 5.79. The van der Waals surface area contributed by atoms with Crippen LogP contribution in [-0.2, 0) is 9.47 Å². The lowest BCUT2D eigenvalue weighted by Gasteiger charge is -2.36. The van der Waals surface area contributed by atoms with Gasteiger partial charge >= 0.3 is 12.2 Å². The standard InChI is InChI=1S/C26H29N3O4/c1-26(2,3)33-25(31)29-13-12-17(14-27)23(15-29)28-24(30)32-16-22-20-10-6-4-8-18(20)19-9-5-7-11-21(19)22/h4-11,17,22-23H,12-13,15-16H2,1-3H3,(H,28,30). The number of carbonyl (C=O) groups is 2. The maximum absolute atomic E-state index is 12.7. The summed E-state index contributed by atoms with van der Waals surface area (Å²) >= 11 is 0. The van der Waals surface area contributed by atoms with Gasteiger partial charge in [0.2, 0.25) is 0 Å². The molecule has 0 aromatic heterocycles. The maximum Gasteiger partial charge on any atom is 0.410 e. The van der Waals surface area contributed by atoms with E-state index in [-0.39, 0.29) is 19.1 Å². The highest BCUT2D eigenvalue weighted by atomic mass is 16.6. The summed E-state index contributed by atoms with van der Waals surface area (Å²) in [7, 11) is 0. The first kappa shape index (κ1) is 22.7. The molecule has 0 spiro atoms. The molecule has 1 aliphatic heterocycles. The van der Waals surface area contributed by atoms with Crippen molar-refractivity contribution in [1.29, 1.82) is 5.26 Å². The van der Waals surface area contributed by atoms with Crippen molar-refractivity contribution in [3.8, 4) is 17.2 Å². The zero-order valence-corrected chi connectivity index (χ0v) is 19.2. The molecule has 0 bridgehead atoms. The summed E-state index contributed by atoms with van der Waals surface area (Å²) in [6, 6.07) is 18.0. The number of benzene rings is 2. The molecule has 7 heteroatoms. The van der Waals surface area contributed by atoms with Gasteiger partial charge in [0.25, 0.3) is 0 Å². The Kier molecular flexibility index (Phi) is 6.28. The molecule has 1 fully saturated rings. The number of hydrogen-bond donors (Lipinski definition) is 1. The van der Waals surface area contributed by atoms with Crippen LogP contribution in [0.4, 0.5) is 9.59 Å². The molecule has 7 nitrogen and oxygen atoms in total. The Morgan fingerprint density at radius 2 is 1.70 bits per heavy atom. The Labute approximate surface area is 194 Å². The van der Waals surface area contributed by atoms with Gasteiger partial charge in [0.1, 0.15) is 12.2 Å². The molecule has 2 aromatic rings. The smallest absolute Gasteiger partial charge is 0.410 e. The number of alkyl carbamates (subject to hydrolysis) is 1. The molecule has 2 amide bonds. The van der Waals surface area contributed by atoms with Crippen LogP contribution >= 0.6 is 0 Å². The maximum atomic E-state index is 12.7. The molecular weight excluding hydrogens is 418 g/mol. The van der Waals surface area contributed by atoms with E-state index in [1.54, 1.807) is 20.8 Å². The Morgan fingerprint density at radius 1 is 1.09 bits per heavy atom. The van der Waals surface area contributed by atoms with Crippen LogP contribution in [0.1, 0.15) is 44.2 Å². The molecule has 172 valence electrons. The van der Waals surface area contributed by atoms with Gasteiger partial charge in [-0.25, -0.2) is 9.59 Å². The van der Waals surface area contributed by atoms with Crippen LogP contribution in [0.2, 0.25) is 0 Å². The summed E-state index contributed by atoms with van der Waals surface area (Å²) in [6.07, 6.45) is -0.573. The number of amides is 2. The van der Waals surface area contributed by atoms with Crippen molar-refractivity contribution in [1.82, 2.24) is 10.2 Å². The van der Waals surface area contributed by atoms with Crippen molar-refractivity contribution < 1.29 is 19.1 Å². The number of likely N-dealkylation sites (tertiary alicyclic amines) is 1. The van der Waals surface area contributed by atoms with Crippen LogP contribution in [0.3, 0.4) is 0 Å². The molecule has 0 saturated carbocycles. The zero-order chi connectivity index (χ0) is 23.6. The molecule has 0 radical (unpaired) electrons. The van der Waals surface area contributed by atoms with E-state index in [1.165, 1.54) is 4.90 Å². The lowest BCUT2D eigenvalue weighted by Crippen LogP contribution is -2.54. The van der Waals surface area contributed by atoms with E-state index in [2.05, 4.69) is 35.7 Å². The molecule has 2 aromatic carbocycles. The second-order valence-corrected chi connectivity index (χ2v) is 9.53. The summed E-state index contributed by atoms with van der Waals surface area (Å²) in [5.41, 5.74) is 3.98. The van der Waals surface area contributed by atoms with Gasteiger partial charge in [0, 0.05) is 19.0 Å². The van der Waals surface area contributed by atoms with Gasteiger partial charge < -0.3 is 19.7 Å². The third-order valence-electron chi connectivity index (χ3n) is 6.08. The summed E-state index contributed by atoms with van der Waals surface area (Å²) in [4.78, 5) is 26.7. The number of hydrogen-bond acceptors (Lipinski definition) is 5. The van der Waals surface area contributed by atoms with Crippen molar-refractivity contribution in [3.05, 3.63) is 59.7 Å². The average molecular weight is 448 g/mol. The minimum Gasteiger partial charge on any atom is -0.449 e. The van der Waals surface area contributed by atoms with E-state index >= 15 is 0 Å². The molecule has 33 heavy (non-hydrogen) atoms. The first-order valence-electron chi connectivity index (χ1n) is 11.3. The van der Waals surface area contributed by atoms with E-state index in [4.69, 9.17) is 9.47 Å². The van der Waals surface area contributed by atoms with Crippen LogP contribution in [0, 0.1) is 17.2 Å². The predicted molar refractivity (Wildman–Crippen MR) is 124 cm³/mol. The first-order chi connectivity index (χ1) is 15.8. The number of nitrogens with zero attached hydrogens (tertiary/aromatic N) is 2. The second kappa shape index (κ2) is 9.14. The molecular formula is C26H29N3O4. The van der Waals surface area contributed by atoms with Crippen LogP contribution in [0.5, 0.6) is 0 Å². The van der Waals surface area contributed by atoms with E-state index < -0.39 is 29.7 Å². The molecule has 2 aliphatic rings. The largest absolute Gasteiger partial charge is 0.449 e. The Morgan fingerprint density at radius 3 is 2.27 bits per heavy atom. The topological polar surface area (TPSA) is 91.7 Å². The van der Waals surface area contributed by atoms with Crippen molar-refractivity contribution >= 4 is 12.2 Å². The van der Waals surface area contributed by atoms with Crippen LogP contribution < -0.4 is 5.32 Å². The fourth-order valence-electron chi connectivity index (χ4n) is 4.54. The van der Waals surface area contributed by atoms with Gasteiger partial charge in [-0.05, 0) is 49.4 Å². The van der Waals surface area contributed by atoms with E-state index in [9.17, 15) is 14.9 Å². The number of rotatable bonds is 3. The molecule has 1 heterocycles. The molecule has 1 saturated heterocycles. The second-order valence-electron chi connectivity index (χ2n) is 9.53. The number of carbonyl (C=O) groups excluding carboxylic acids is 2. The van der Waals surface area contributed by atoms with Crippen molar-refractivity contribution in [2.45, 2.75) is 44.8 Å². The normalized spacial score (nSPS) is 19.8. The van der Waals surface area contributed by atoms with Crippen LogP contribution in [0.25, 0.3) is 11.1 Å². The Balaban J connectivity index is 1.40. The van der Waals surface area contributed by atoms with Crippen LogP contribution in [0.15, 0.2) is 48.5 Å². The van der Waals surface area contributed by atoms with Crippen LogP contribution in [-0.4, -0.2) is 48.4 Å². The highest BCUT2D eigenvalue weighted by Crippen LogP contribution is 2.44. The highest BCUT2D eigenvalue weighted by Gasteiger charge is 2.35. The fraction of sp³-hybridized carbons (Fsp3) is 0.423. The summed E-state index contributed by atoms with van der Waals surface area (Å²) in [5.74, 6) is -0.441. The number of piperidine rings is 1. The van der Waals surface area contributed by atoms with Gasteiger partial charge in [-0.1, -0.05) is 48.5 Å². The lowest BCUT2D eigenvalue weighted by molar-refractivity contribution is 0.0159. The quantitative estimate of drug-likeness (QED) is 0.738. The Hall–Kier alpha value is -3.53. The Bertz CT molecular complexity index is 1040. The molecule has 1 N–H and O–H groups in total. The van der Waals surface area contributed by atoms with Gasteiger partial charge in [-0.2, -0.15) is 5.26 Å². The molecule has 1 aliphatic carbocycles. The summed E-state index contributed by atoms with van der Waals surface area (Å²) < 4.78 is 11.1. The van der Waals surface area contributed by atoms with Gasteiger partial charge in [-0.3, -0.25) is 0 Å². The van der Waals surface area contributed by atoms with Crippen molar-refractivity contribution in [2.24, 2.45) is 5.92 Å². The zero-order valence-electron chi connectivity index (χ0n) is 19.2. The number of nitriles is 1. The monoisotopic (exact) mass is 447 g/mol. The van der Waals surface area contributed by atoms with Gasteiger partial charge in [-0.15, -0.1) is 0 Å². The van der Waals surface area contributed by atoms with Gasteiger partial charge in [0.15, 0.2) is 0 Å². The third kappa shape index (κ3) is 4.95. The van der Waals surface area contributed by atoms with E-state index in [1.807, 2.05) is 24.3 Å². The summed E-state index contributed by atoms with van der Waals surface area (Å²) in [5, 5.41) is 12.3. The number of fused-ring (bicyclic) bond motifs is 3. The molecule has 2 unspecified atom stereocenters. The van der Waals surface area contributed by atoms with E-state index in [0.717, 1.165) is 22.3 Å². The molecule has 2 atom stereocenters. The SMILES string of the molecule is CC(C)(C)OC(=O)N1CCC(C#N)C(NC(=O)OCC2c3ccccc3-c3ccccc32)C1. The fourth-order valence-corrected chi connectivity index (χ4v) is 4.54. The third-order valence-corrected chi connectivity index (χ3v) is 6.08. The average Bonchev–Trinajstić information content (AvgIpc) is 3.10. The minimum absolute atomic E-state index is 0.0421. The minimum atomic E-state index is -0.612. The lowest BCUT2D eigenvalue weighted by atomic mass is 9.93. The predicted octanol–water partition coefficient (Wildman–Crippen LogP) is 4.67. The van der Waals surface area contributed by atoms with Crippen molar-refractivity contribution in [3.63, 3.8) is 0 Å². The number of ether oxygens (including phenoxy) is 2. The van der Waals surface area contributed by atoms with Crippen molar-refractivity contribution in [2.75, 3.05) is 19.7 Å². The van der Waals surface area contributed by atoms with Gasteiger partial charge in [0.05, 0.1) is 18.0 Å². The first-order valence-corrected chi connectivity index (χ1v) is 11.3. The summed E-state index contributed by atoms with van der Waals surface area (Å²) in [6.45, 7) is 6.23. The molecule has 4 rings (SSSR count). The van der Waals surface area contributed by atoms with E-state index in [0.29, 0.717) is 13.0 Å². The number of nitrogens with one attached hydrogen (secondary N) is 1.